The number of ether oxygens (including phenoxy) is 3. The van der Waals surface area contributed by atoms with Gasteiger partial charge in [-0.25, -0.2) is 13.9 Å². The first-order chi connectivity index (χ1) is 48.9. The van der Waals surface area contributed by atoms with Gasteiger partial charge in [-0.05, 0) is 247 Å². The van der Waals surface area contributed by atoms with E-state index in [9.17, 15) is 28.8 Å². The van der Waals surface area contributed by atoms with Crippen LogP contribution in [-0.4, -0.2) is 165 Å². The van der Waals surface area contributed by atoms with E-state index in [0.717, 1.165) is 109 Å². The number of methoxy groups -OCH3 is 3. The molecule has 620 valence electrons. The normalized spacial score (nSPS) is 23.4. The number of nitrogens with one attached hydrogen (secondary N) is 1. The fourth-order valence-electron chi connectivity index (χ4n) is 14.2. The van der Waals surface area contributed by atoms with Crippen molar-refractivity contribution in [2.45, 2.75) is 318 Å². The van der Waals surface area contributed by atoms with Crippen LogP contribution in [0.4, 0.5) is 0 Å². The maximum atomic E-state index is 11.4. The van der Waals surface area contributed by atoms with E-state index in [1.807, 2.05) is 0 Å². The monoisotopic (exact) mass is 1510 g/mol. The smallest absolute Gasteiger partial charge is 0.329 e. The summed E-state index contributed by atoms with van der Waals surface area (Å²) in [5.41, 5.74) is 12.3. The molecule has 16 nitrogen and oxygen atoms in total. The van der Waals surface area contributed by atoms with E-state index < -0.39 is 11.9 Å². The van der Waals surface area contributed by atoms with Crippen molar-refractivity contribution >= 4 is 54.7 Å². The van der Waals surface area contributed by atoms with Crippen molar-refractivity contribution in [3.63, 3.8) is 0 Å². The number of esters is 3. The predicted octanol–water partition coefficient (Wildman–Crippen LogP) is 21.3. The Morgan fingerprint density at radius 1 is 0.500 bits per heavy atom. The lowest BCUT2D eigenvalue weighted by molar-refractivity contribution is -0.505. The third kappa shape index (κ3) is 48.2. The molecule has 4 atom stereocenters. The van der Waals surface area contributed by atoms with Crippen molar-refractivity contribution in [1.29, 1.82) is 0 Å². The summed E-state index contributed by atoms with van der Waals surface area (Å²) in [5, 5.41) is 10.6. The number of nitrogens with zero attached hydrogens (tertiary/aromatic N) is 4. The van der Waals surface area contributed by atoms with Crippen LogP contribution in [0.2, 0.25) is 0 Å². The third-order valence-corrected chi connectivity index (χ3v) is 21.5. The molecule has 5 fully saturated rings. The average Bonchev–Trinajstić information content (AvgIpc) is 1.20. The minimum Gasteiger partial charge on any atom is -0.481 e. The molecule has 5 aliphatic heterocycles. The number of carboxylic acids is 1. The van der Waals surface area contributed by atoms with Crippen molar-refractivity contribution in [3.8, 4) is 0 Å². The maximum Gasteiger partial charge on any atom is 0.329 e. The Kier molecular flexibility index (Phi) is 62.0. The van der Waals surface area contributed by atoms with Gasteiger partial charge in [-0.2, -0.15) is 0 Å². The van der Waals surface area contributed by atoms with Crippen LogP contribution in [0.3, 0.4) is 0 Å². The second kappa shape index (κ2) is 62.1. The Morgan fingerprint density at radius 2 is 0.861 bits per heavy atom. The topological polar surface area (TPSA) is 192 Å². The summed E-state index contributed by atoms with van der Waals surface area (Å²) in [6.45, 7) is 31.3. The van der Waals surface area contributed by atoms with Gasteiger partial charge in [0.1, 0.15) is 57.0 Å². The second-order valence-corrected chi connectivity index (χ2v) is 30.6. The number of carbonyl (C=O) groups is 7. The fourth-order valence-corrected chi connectivity index (χ4v) is 14.2. The lowest BCUT2D eigenvalue weighted by Gasteiger charge is -2.30. The van der Waals surface area contributed by atoms with E-state index in [1.165, 1.54) is 225 Å². The summed E-state index contributed by atoms with van der Waals surface area (Å²) in [6, 6.07) is 0. The van der Waals surface area contributed by atoms with Gasteiger partial charge in [-0.3, -0.25) is 14.4 Å². The first kappa shape index (κ1) is 108. The summed E-state index contributed by atoms with van der Waals surface area (Å²) in [6.07, 6.45) is 64.6. The highest BCUT2D eigenvalue weighted by Gasteiger charge is 2.37. The number of hydrogen-bond acceptors (Lipinski definition) is 13. The summed E-state index contributed by atoms with van der Waals surface area (Å²) < 4.78 is 18.7. The molecule has 0 radical (unpaired) electrons. The van der Waals surface area contributed by atoms with Crippen molar-refractivity contribution in [2.75, 3.05) is 86.8 Å². The van der Waals surface area contributed by atoms with E-state index in [-0.39, 0.29) is 78.5 Å². The van der Waals surface area contributed by atoms with E-state index in [2.05, 4.69) is 138 Å². The Morgan fingerprint density at radius 3 is 1.12 bits per heavy atom. The van der Waals surface area contributed by atoms with Crippen LogP contribution in [0.5, 0.6) is 0 Å². The summed E-state index contributed by atoms with van der Waals surface area (Å²) in [7, 11) is 4.26. The largest absolute Gasteiger partial charge is 0.481 e. The lowest BCUT2D eigenvalue weighted by atomic mass is 9.73. The zero-order valence-corrected chi connectivity index (χ0v) is 65.7. The van der Waals surface area contributed by atoms with Gasteiger partial charge in [0.25, 0.3) is 5.97 Å². The molecular formula is C92H163N5O11+2. The highest BCUT2D eigenvalue weighted by Crippen LogP contribution is 2.41. The lowest BCUT2D eigenvalue weighted by Crippen LogP contribution is -2.30. The van der Waals surface area contributed by atoms with Gasteiger partial charge in [0.05, 0.1) is 32.2 Å². The molecule has 0 aromatic heterocycles. The van der Waals surface area contributed by atoms with Crippen molar-refractivity contribution in [3.05, 3.63) is 106 Å². The number of likely N-dealkylation sites (tertiary alicyclic amines) is 2. The van der Waals surface area contributed by atoms with Gasteiger partial charge in [-0.1, -0.05) is 132 Å². The Hall–Kier alpha value is -6.55. The number of hydrogen-bond donors (Lipinski definition) is 2. The quantitative estimate of drug-likeness (QED) is 0.0370. The third-order valence-electron chi connectivity index (χ3n) is 21.5. The summed E-state index contributed by atoms with van der Waals surface area (Å²) >= 11 is 0. The standard InChI is InChI=1S/2C16H26NO2.2C12H19N.C12H18O2.C8H12O.C4H9N.C4H6O2.C2H4O2.6CH4/c2*1-14-5-8-16(9-6-14,10-7-15(18)19-2)13-17-11-3-4-12-17;2*1-11-4-6-12(7-5-11)10-13-8-2-3-9-13;1-10-3-6-12(9-13,7-4-10)8-5-11(2)14;1-7-2-4-8(6-9)5-3-7;1-2-4-5-3-1;1-3-4(5)6-2;1-2(3)4;;;;;;/h2*5,13H,3-4,6-12H2,1-2H3;2*4,10H,2-3,5-9H2,1H3;3,9H,4-8H2,1-2H3;2,6,8H,3-5H2,1H3;5H,1-4H2;3H,1H2,2H3;1H3,(H,3,4);6*1H4/q2*+1;;;;;;;;;;;;;/b;;2*12-10+;;;;;;;;;;;. The predicted molar refractivity (Wildman–Crippen MR) is 457 cm³/mol. The number of carboxylic acid groups (broad SMARTS) is 1. The van der Waals surface area contributed by atoms with E-state index in [4.69, 9.17) is 19.4 Å². The zero-order valence-electron chi connectivity index (χ0n) is 65.7. The molecule has 16 heteroatoms. The Balaban J connectivity index is -0.000000577. The molecule has 5 heterocycles. The zero-order chi connectivity index (χ0) is 75.0. The van der Waals surface area contributed by atoms with Crippen LogP contribution in [0, 0.1) is 22.2 Å². The molecule has 6 aliphatic carbocycles. The molecule has 4 unspecified atom stereocenters. The van der Waals surface area contributed by atoms with Crippen molar-refractivity contribution in [2.24, 2.45) is 22.2 Å². The maximum absolute atomic E-state index is 11.4. The highest BCUT2D eigenvalue weighted by molar-refractivity contribution is 5.81. The molecule has 0 bridgehead atoms. The number of aldehydes is 2. The number of rotatable bonds is 16. The van der Waals surface area contributed by atoms with Gasteiger partial charge in [0.2, 0.25) is 0 Å². The van der Waals surface area contributed by atoms with Crippen LogP contribution in [-0.2, 0) is 47.8 Å². The minimum atomic E-state index is -0.833. The molecule has 0 amide bonds. The summed E-state index contributed by atoms with van der Waals surface area (Å²) in [4.78, 5) is 78.9. The van der Waals surface area contributed by atoms with E-state index in [1.54, 1.807) is 29.2 Å². The van der Waals surface area contributed by atoms with Gasteiger partial charge in [-0.15, -0.1) is 0 Å². The number of carbonyl (C=O) groups excluding carboxylic acids is 6. The van der Waals surface area contributed by atoms with Crippen molar-refractivity contribution < 1.29 is 62.0 Å². The first-order valence-corrected chi connectivity index (χ1v) is 39.1. The molecule has 5 saturated heterocycles. The molecule has 11 aliphatic rings. The SMILES string of the molecule is C.C.C.C.C.C.C1CCNC1.C=CC(=O)OC.CC(=O)CCC1(C=O)CC=C(C)CC1.CC(=O)O.CC1=CC/C(=C\N2CCCC2)CC1.CC1=CC/C(=C\N2CCCC2)CC1.CC1=CCC(C=O)CC1.COC(=O)CCC1(C=[N+]2CCCC2)CC=C(C)CC1.COC(=O)CCC1(C=[N+]2CCCC2)CC=C(C)CC1. The highest BCUT2D eigenvalue weighted by atomic mass is 16.5. The van der Waals surface area contributed by atoms with Crippen LogP contribution in [0.15, 0.2) is 106 Å². The van der Waals surface area contributed by atoms with Crippen molar-refractivity contribution in [1.82, 2.24) is 15.1 Å². The molecule has 0 spiro atoms. The molecule has 2 N–H and O–H groups in total. The number of allylic oxidation sites excluding steroid dienone is 14. The molecule has 0 aromatic carbocycles. The fraction of sp³-hybridized carbons (Fsp3) is 0.707. The van der Waals surface area contributed by atoms with Crippen LogP contribution in [0.25, 0.3) is 0 Å². The molecular weight excluding hydrogens is 1350 g/mol. The van der Waals surface area contributed by atoms with Gasteiger partial charge < -0.3 is 48.8 Å². The second-order valence-electron chi connectivity index (χ2n) is 30.6. The van der Waals surface area contributed by atoms with Gasteiger partial charge >= 0.3 is 17.9 Å². The van der Waals surface area contributed by atoms with Crippen LogP contribution >= 0.6 is 0 Å². The number of ketones is 1. The Labute approximate surface area is 661 Å². The first-order valence-electron chi connectivity index (χ1n) is 39.1. The molecule has 0 aromatic rings. The van der Waals surface area contributed by atoms with E-state index in [0.29, 0.717) is 25.2 Å². The molecule has 0 saturated carbocycles. The number of aliphatic carboxylic acids is 1. The molecule has 11 rings (SSSR count). The molecule has 108 heavy (non-hydrogen) atoms. The van der Waals surface area contributed by atoms with Gasteiger partial charge in [0.15, 0.2) is 0 Å². The van der Waals surface area contributed by atoms with Crippen LogP contribution < -0.4 is 5.32 Å². The average molecular weight is 1520 g/mol. The van der Waals surface area contributed by atoms with E-state index >= 15 is 0 Å². The minimum absolute atomic E-state index is 0. The van der Waals surface area contributed by atoms with Crippen LogP contribution in [0.1, 0.15) is 318 Å². The number of Topliss-reactive ketones (excluding diaryl/α,β-unsaturated/α-hetero) is 1. The summed E-state index contributed by atoms with van der Waals surface area (Å²) in [5.74, 6) is -0.901. The van der Waals surface area contributed by atoms with Gasteiger partial charge in [0, 0.05) is 95.5 Å². The Bertz CT molecular complexity index is 2770.